The number of hydrogen-bond acceptors (Lipinski definition) is 2. The summed E-state index contributed by atoms with van der Waals surface area (Å²) in [6.45, 7) is 8.02. The average molecular weight is 239 g/mol. The minimum absolute atomic E-state index is 0.585. The highest BCUT2D eigenvalue weighted by molar-refractivity contribution is 5.05. The van der Waals surface area contributed by atoms with Gasteiger partial charge in [0.2, 0.25) is 0 Å². The van der Waals surface area contributed by atoms with Gasteiger partial charge in [0, 0.05) is 20.3 Å². The van der Waals surface area contributed by atoms with E-state index in [0.717, 1.165) is 24.4 Å². The lowest BCUT2D eigenvalue weighted by atomic mass is 9.71. The summed E-state index contributed by atoms with van der Waals surface area (Å²) in [5.74, 6) is 2.95. The zero-order chi connectivity index (χ0) is 12.3. The molecule has 0 spiro atoms. The Labute approximate surface area is 107 Å². The maximum absolute atomic E-state index is 5.26. The van der Waals surface area contributed by atoms with Crippen molar-refractivity contribution in [2.45, 2.75) is 46.0 Å². The van der Waals surface area contributed by atoms with Crippen LogP contribution in [0, 0.1) is 23.2 Å². The number of hydrogen-bond donors (Lipinski definition) is 1. The molecule has 0 radical (unpaired) electrons. The summed E-state index contributed by atoms with van der Waals surface area (Å²) in [7, 11) is 1.82. The predicted molar refractivity (Wildman–Crippen MR) is 72.1 cm³/mol. The van der Waals surface area contributed by atoms with Crippen LogP contribution in [0.2, 0.25) is 0 Å². The van der Waals surface area contributed by atoms with Gasteiger partial charge in [-0.2, -0.15) is 0 Å². The van der Waals surface area contributed by atoms with Gasteiger partial charge < -0.3 is 10.1 Å². The fraction of sp³-hybridized carbons (Fsp3) is 1.00. The molecule has 3 unspecified atom stereocenters. The largest absolute Gasteiger partial charge is 0.385 e. The number of ether oxygens (including phenoxy) is 1. The van der Waals surface area contributed by atoms with Gasteiger partial charge in [-0.3, -0.25) is 0 Å². The van der Waals surface area contributed by atoms with Crippen LogP contribution in [0.3, 0.4) is 0 Å². The normalized spacial score (nSPS) is 36.9. The molecule has 17 heavy (non-hydrogen) atoms. The zero-order valence-corrected chi connectivity index (χ0v) is 11.8. The first-order valence-electron chi connectivity index (χ1n) is 7.41. The van der Waals surface area contributed by atoms with Gasteiger partial charge in [0.1, 0.15) is 0 Å². The monoisotopic (exact) mass is 239 g/mol. The van der Waals surface area contributed by atoms with E-state index in [1.807, 2.05) is 7.11 Å². The average Bonchev–Trinajstić information content (AvgIpc) is 2.94. The molecule has 0 aromatic heterocycles. The Morgan fingerprint density at radius 1 is 1.35 bits per heavy atom. The van der Waals surface area contributed by atoms with Crippen molar-refractivity contribution >= 4 is 0 Å². The molecule has 2 fully saturated rings. The van der Waals surface area contributed by atoms with Crippen LogP contribution in [0.25, 0.3) is 0 Å². The van der Waals surface area contributed by atoms with Gasteiger partial charge in [-0.25, -0.2) is 0 Å². The highest BCUT2D eigenvalue weighted by atomic mass is 16.5. The Bertz CT molecular complexity index is 231. The van der Waals surface area contributed by atoms with E-state index in [1.54, 1.807) is 0 Å². The Hall–Kier alpha value is -0.0800. The first-order chi connectivity index (χ1) is 8.22. The van der Waals surface area contributed by atoms with Gasteiger partial charge in [0.05, 0.1) is 0 Å². The van der Waals surface area contributed by atoms with E-state index in [2.05, 4.69) is 19.2 Å². The van der Waals surface area contributed by atoms with E-state index in [9.17, 15) is 0 Å². The first-order valence-corrected chi connectivity index (χ1v) is 7.41. The highest BCUT2D eigenvalue weighted by Gasteiger charge is 2.55. The maximum Gasteiger partial charge on any atom is 0.0465 e. The summed E-state index contributed by atoms with van der Waals surface area (Å²) in [4.78, 5) is 0. The van der Waals surface area contributed by atoms with Crippen molar-refractivity contribution in [1.82, 2.24) is 5.32 Å². The third kappa shape index (κ3) is 3.03. The predicted octanol–water partition coefficient (Wildman–Crippen LogP) is 3.07. The van der Waals surface area contributed by atoms with Crippen LogP contribution in [0.4, 0.5) is 0 Å². The maximum atomic E-state index is 5.26. The van der Waals surface area contributed by atoms with Crippen molar-refractivity contribution < 1.29 is 4.74 Å². The van der Waals surface area contributed by atoms with Crippen LogP contribution in [0.5, 0.6) is 0 Å². The molecule has 2 aliphatic rings. The fourth-order valence-corrected chi connectivity index (χ4v) is 3.77. The van der Waals surface area contributed by atoms with Gasteiger partial charge in [-0.15, -0.1) is 0 Å². The van der Waals surface area contributed by atoms with Crippen molar-refractivity contribution in [2.75, 3.05) is 26.8 Å². The SMILES string of the molecule is CCCNCC1(C(C)CCOC)CC2CC2C1. The summed E-state index contributed by atoms with van der Waals surface area (Å²) in [5, 5.41) is 3.68. The summed E-state index contributed by atoms with van der Waals surface area (Å²) in [6.07, 6.45) is 6.93. The van der Waals surface area contributed by atoms with Crippen molar-refractivity contribution in [3.8, 4) is 0 Å². The molecule has 0 saturated heterocycles. The molecule has 0 heterocycles. The van der Waals surface area contributed by atoms with Crippen LogP contribution in [-0.4, -0.2) is 26.8 Å². The molecule has 1 N–H and O–H groups in total. The lowest BCUT2D eigenvalue weighted by Crippen LogP contribution is -2.39. The Balaban J connectivity index is 1.87. The minimum atomic E-state index is 0.585. The summed E-state index contributed by atoms with van der Waals surface area (Å²) < 4.78 is 5.26. The van der Waals surface area contributed by atoms with Gasteiger partial charge in [0.15, 0.2) is 0 Å². The summed E-state index contributed by atoms with van der Waals surface area (Å²) in [5.41, 5.74) is 0.585. The number of methoxy groups -OCH3 is 1. The first kappa shape index (κ1) is 13.4. The molecular formula is C15H29NO. The molecule has 0 aromatic rings. The molecule has 0 bridgehead atoms. The quantitative estimate of drug-likeness (QED) is 0.657. The topological polar surface area (TPSA) is 21.3 Å². The van der Waals surface area contributed by atoms with Crippen molar-refractivity contribution in [3.05, 3.63) is 0 Å². The van der Waals surface area contributed by atoms with Gasteiger partial charge in [0.25, 0.3) is 0 Å². The molecular weight excluding hydrogens is 210 g/mol. The van der Waals surface area contributed by atoms with Crippen molar-refractivity contribution in [3.63, 3.8) is 0 Å². The Kier molecular flexibility index (Phi) is 4.48. The smallest absolute Gasteiger partial charge is 0.0465 e. The van der Waals surface area contributed by atoms with E-state index in [4.69, 9.17) is 4.74 Å². The van der Waals surface area contributed by atoms with Crippen LogP contribution < -0.4 is 5.32 Å². The van der Waals surface area contributed by atoms with E-state index in [-0.39, 0.29) is 0 Å². The van der Waals surface area contributed by atoms with Crippen LogP contribution in [0.15, 0.2) is 0 Å². The molecule has 3 atom stereocenters. The molecule has 2 saturated carbocycles. The second kappa shape index (κ2) is 5.71. The van der Waals surface area contributed by atoms with Crippen molar-refractivity contribution in [2.24, 2.45) is 23.2 Å². The molecule has 2 aliphatic carbocycles. The van der Waals surface area contributed by atoms with Crippen LogP contribution in [0.1, 0.15) is 46.0 Å². The number of rotatable bonds is 8. The third-order valence-corrected chi connectivity index (χ3v) is 5.11. The van der Waals surface area contributed by atoms with Crippen molar-refractivity contribution in [1.29, 1.82) is 0 Å². The highest BCUT2D eigenvalue weighted by Crippen LogP contribution is 2.62. The molecule has 2 nitrogen and oxygen atoms in total. The molecule has 100 valence electrons. The van der Waals surface area contributed by atoms with Gasteiger partial charge >= 0.3 is 0 Å². The molecule has 2 heteroatoms. The van der Waals surface area contributed by atoms with E-state index < -0.39 is 0 Å². The van der Waals surface area contributed by atoms with Crippen LogP contribution in [-0.2, 0) is 4.74 Å². The van der Waals surface area contributed by atoms with Gasteiger partial charge in [-0.1, -0.05) is 13.8 Å². The standard InChI is InChI=1S/C15H29NO/c1-4-6-16-11-15(12(2)5-7-17-3)9-13-8-14(13)10-15/h12-14,16H,4-11H2,1-3H3. The molecule has 0 amide bonds. The second-order valence-electron chi connectivity index (χ2n) is 6.39. The lowest BCUT2D eigenvalue weighted by Gasteiger charge is -2.37. The number of fused-ring (bicyclic) bond motifs is 1. The summed E-state index contributed by atoms with van der Waals surface area (Å²) in [6, 6.07) is 0. The third-order valence-electron chi connectivity index (χ3n) is 5.11. The van der Waals surface area contributed by atoms with E-state index in [0.29, 0.717) is 5.41 Å². The molecule has 0 aliphatic heterocycles. The second-order valence-corrected chi connectivity index (χ2v) is 6.39. The Morgan fingerprint density at radius 2 is 2.06 bits per heavy atom. The summed E-state index contributed by atoms with van der Waals surface area (Å²) >= 11 is 0. The molecule has 2 rings (SSSR count). The van der Waals surface area contributed by atoms with E-state index >= 15 is 0 Å². The van der Waals surface area contributed by atoms with Gasteiger partial charge in [-0.05, 0) is 61.8 Å². The Morgan fingerprint density at radius 3 is 2.65 bits per heavy atom. The lowest BCUT2D eigenvalue weighted by molar-refractivity contribution is 0.104. The zero-order valence-electron chi connectivity index (χ0n) is 11.8. The van der Waals surface area contributed by atoms with E-state index in [1.165, 1.54) is 45.2 Å². The molecule has 0 aromatic carbocycles. The fourth-order valence-electron chi connectivity index (χ4n) is 3.77. The number of nitrogens with one attached hydrogen (secondary N) is 1. The van der Waals surface area contributed by atoms with Crippen LogP contribution >= 0.6 is 0 Å². The minimum Gasteiger partial charge on any atom is -0.385 e.